The van der Waals surface area contributed by atoms with Crippen LogP contribution in [-0.4, -0.2) is 26.2 Å². The van der Waals surface area contributed by atoms with E-state index in [1.165, 1.54) is 5.56 Å². The zero-order chi connectivity index (χ0) is 16.1. The van der Waals surface area contributed by atoms with Crippen LogP contribution in [0.5, 0.6) is 5.75 Å². The van der Waals surface area contributed by atoms with E-state index in [-0.39, 0.29) is 5.75 Å². The van der Waals surface area contributed by atoms with E-state index in [0.29, 0.717) is 11.4 Å². The van der Waals surface area contributed by atoms with E-state index in [1.807, 2.05) is 31.2 Å². The van der Waals surface area contributed by atoms with Crippen LogP contribution in [0, 0.1) is 6.92 Å². The summed E-state index contributed by atoms with van der Waals surface area (Å²) in [6, 6.07) is 17.2. The molecule has 2 aromatic carbocycles. The summed E-state index contributed by atoms with van der Waals surface area (Å²) < 4.78 is 1.68. The first-order chi connectivity index (χ1) is 11.2. The summed E-state index contributed by atoms with van der Waals surface area (Å²) in [5.41, 5.74) is 1.87. The number of benzene rings is 2. The molecule has 1 N–H and O–H groups in total. The maximum absolute atomic E-state index is 9.79. The number of thioether (sulfide) groups is 1. The van der Waals surface area contributed by atoms with Crippen molar-refractivity contribution in [2.24, 2.45) is 5.10 Å². The van der Waals surface area contributed by atoms with Crippen LogP contribution in [0.4, 0.5) is 0 Å². The van der Waals surface area contributed by atoms with E-state index in [1.54, 1.807) is 40.9 Å². The lowest BCUT2D eigenvalue weighted by molar-refractivity contribution is 0.474. The lowest BCUT2D eigenvalue weighted by Crippen LogP contribution is -1.96. The van der Waals surface area contributed by atoms with Crippen molar-refractivity contribution in [3.63, 3.8) is 0 Å². The fourth-order valence-electron chi connectivity index (χ4n) is 2.00. The maximum Gasteiger partial charge on any atom is 0.212 e. The van der Waals surface area contributed by atoms with Gasteiger partial charge in [0, 0.05) is 11.3 Å². The number of hydrogen-bond acceptors (Lipinski definition) is 5. The molecule has 0 spiro atoms. The molecule has 3 rings (SSSR count). The van der Waals surface area contributed by atoms with Crippen LogP contribution in [0.2, 0.25) is 0 Å². The predicted octanol–water partition coefficient (Wildman–Crippen LogP) is 3.47. The molecule has 3 aromatic rings. The minimum Gasteiger partial charge on any atom is -0.507 e. The van der Waals surface area contributed by atoms with Crippen LogP contribution in [0.3, 0.4) is 0 Å². The number of aromatic hydroxyl groups is 1. The van der Waals surface area contributed by atoms with Crippen molar-refractivity contribution in [3.8, 4) is 5.75 Å². The van der Waals surface area contributed by atoms with Crippen molar-refractivity contribution < 1.29 is 5.11 Å². The van der Waals surface area contributed by atoms with Gasteiger partial charge in [-0.2, -0.15) is 9.78 Å². The van der Waals surface area contributed by atoms with E-state index >= 15 is 0 Å². The summed E-state index contributed by atoms with van der Waals surface area (Å²) in [5, 5.41) is 23.2. The Bertz CT molecular complexity index is 814. The summed E-state index contributed by atoms with van der Waals surface area (Å²) in [6.07, 6.45) is 1.61. The number of aryl methyl sites for hydroxylation is 1. The molecule has 6 heteroatoms. The van der Waals surface area contributed by atoms with Gasteiger partial charge in [-0.05, 0) is 24.6 Å². The topological polar surface area (TPSA) is 63.3 Å². The number of nitrogens with zero attached hydrogens (tertiary/aromatic N) is 4. The van der Waals surface area contributed by atoms with Gasteiger partial charge in [0.05, 0.1) is 6.21 Å². The second-order valence-corrected chi connectivity index (χ2v) is 5.86. The average Bonchev–Trinajstić information content (AvgIpc) is 2.93. The van der Waals surface area contributed by atoms with Crippen molar-refractivity contribution in [1.29, 1.82) is 0 Å². The smallest absolute Gasteiger partial charge is 0.212 e. The Kier molecular flexibility index (Phi) is 4.73. The van der Waals surface area contributed by atoms with Gasteiger partial charge in [0.2, 0.25) is 5.16 Å². The van der Waals surface area contributed by atoms with Gasteiger partial charge in [0.15, 0.2) is 5.82 Å². The van der Waals surface area contributed by atoms with Crippen LogP contribution in [0.25, 0.3) is 0 Å². The van der Waals surface area contributed by atoms with E-state index in [9.17, 15) is 5.11 Å². The van der Waals surface area contributed by atoms with Crippen molar-refractivity contribution in [3.05, 3.63) is 71.5 Å². The molecular weight excluding hydrogens is 308 g/mol. The third-order valence-electron chi connectivity index (χ3n) is 3.23. The largest absolute Gasteiger partial charge is 0.507 e. The first kappa shape index (κ1) is 15.3. The number of aromatic nitrogens is 3. The minimum absolute atomic E-state index is 0.195. The molecule has 0 atom stereocenters. The zero-order valence-electron chi connectivity index (χ0n) is 12.6. The number of rotatable bonds is 5. The molecule has 0 aliphatic heterocycles. The first-order valence-electron chi connectivity index (χ1n) is 7.15. The van der Waals surface area contributed by atoms with E-state index < -0.39 is 0 Å². The van der Waals surface area contributed by atoms with Gasteiger partial charge in [-0.1, -0.05) is 54.2 Å². The fraction of sp³-hybridized carbons (Fsp3) is 0.118. The molecule has 1 aromatic heterocycles. The molecule has 1 heterocycles. The lowest BCUT2D eigenvalue weighted by atomic mass is 10.2. The van der Waals surface area contributed by atoms with Gasteiger partial charge in [-0.25, -0.2) is 0 Å². The Morgan fingerprint density at radius 1 is 1.09 bits per heavy atom. The van der Waals surface area contributed by atoms with Gasteiger partial charge >= 0.3 is 0 Å². The van der Waals surface area contributed by atoms with E-state index in [2.05, 4.69) is 27.4 Å². The SMILES string of the molecule is Cc1nnc(SCc2ccccc2)n1/N=C/c1ccccc1O. The Hall–Kier alpha value is -2.60. The second kappa shape index (κ2) is 7.11. The summed E-state index contributed by atoms with van der Waals surface area (Å²) in [7, 11) is 0. The summed E-state index contributed by atoms with van der Waals surface area (Å²) in [4.78, 5) is 0. The molecule has 0 radical (unpaired) electrons. The Labute approximate surface area is 138 Å². The molecule has 0 saturated heterocycles. The molecular formula is C17H16N4OS. The number of hydrogen-bond donors (Lipinski definition) is 1. The maximum atomic E-state index is 9.79. The van der Waals surface area contributed by atoms with Gasteiger partial charge in [0.25, 0.3) is 0 Å². The monoisotopic (exact) mass is 324 g/mol. The fourth-order valence-corrected chi connectivity index (χ4v) is 2.89. The van der Waals surface area contributed by atoms with Crippen LogP contribution in [0.1, 0.15) is 17.0 Å². The summed E-state index contributed by atoms with van der Waals surface area (Å²) in [6.45, 7) is 1.85. The molecule has 0 fully saturated rings. The third-order valence-corrected chi connectivity index (χ3v) is 4.22. The van der Waals surface area contributed by atoms with E-state index in [0.717, 1.165) is 10.9 Å². The molecule has 0 saturated carbocycles. The molecule has 0 bridgehead atoms. The molecule has 116 valence electrons. The highest BCUT2D eigenvalue weighted by Gasteiger charge is 2.09. The van der Waals surface area contributed by atoms with Crippen molar-refractivity contribution in [2.75, 3.05) is 0 Å². The first-order valence-corrected chi connectivity index (χ1v) is 8.13. The third kappa shape index (κ3) is 3.78. The van der Waals surface area contributed by atoms with Crippen LogP contribution in [-0.2, 0) is 5.75 Å². The van der Waals surface area contributed by atoms with Gasteiger partial charge in [-0.15, -0.1) is 10.2 Å². The molecule has 23 heavy (non-hydrogen) atoms. The average molecular weight is 324 g/mol. The standard InChI is InChI=1S/C17H16N4OS/c1-13-19-20-17(23-12-14-7-3-2-4-8-14)21(13)18-11-15-9-5-6-10-16(15)22/h2-11,22H,12H2,1H3/b18-11+. The summed E-state index contributed by atoms with van der Waals surface area (Å²) >= 11 is 1.57. The molecule has 0 unspecified atom stereocenters. The van der Waals surface area contributed by atoms with Gasteiger partial charge in [-0.3, -0.25) is 0 Å². The molecule has 0 amide bonds. The Balaban J connectivity index is 1.78. The van der Waals surface area contributed by atoms with Gasteiger partial charge < -0.3 is 5.11 Å². The Morgan fingerprint density at radius 3 is 2.61 bits per heavy atom. The molecule has 0 aliphatic carbocycles. The van der Waals surface area contributed by atoms with Crippen LogP contribution in [0.15, 0.2) is 64.9 Å². The highest BCUT2D eigenvalue weighted by atomic mass is 32.2. The van der Waals surface area contributed by atoms with Crippen molar-refractivity contribution in [2.45, 2.75) is 17.8 Å². The number of phenols is 1. The zero-order valence-corrected chi connectivity index (χ0v) is 13.4. The van der Waals surface area contributed by atoms with E-state index in [4.69, 9.17) is 0 Å². The highest BCUT2D eigenvalue weighted by molar-refractivity contribution is 7.98. The van der Waals surface area contributed by atoms with Crippen LogP contribution < -0.4 is 0 Å². The van der Waals surface area contributed by atoms with Crippen molar-refractivity contribution in [1.82, 2.24) is 14.9 Å². The Morgan fingerprint density at radius 2 is 1.83 bits per heavy atom. The number of para-hydroxylation sites is 1. The lowest BCUT2D eigenvalue weighted by Gasteiger charge is -2.03. The molecule has 0 aliphatic rings. The number of phenolic OH excluding ortho intramolecular Hbond substituents is 1. The minimum atomic E-state index is 0.195. The van der Waals surface area contributed by atoms with Crippen molar-refractivity contribution >= 4 is 18.0 Å². The van der Waals surface area contributed by atoms with Gasteiger partial charge in [0.1, 0.15) is 5.75 Å². The molecule has 5 nitrogen and oxygen atoms in total. The normalized spacial score (nSPS) is 11.2. The quantitative estimate of drug-likeness (QED) is 0.576. The highest BCUT2D eigenvalue weighted by Crippen LogP contribution is 2.22. The predicted molar refractivity (Wildman–Crippen MR) is 91.9 cm³/mol. The summed E-state index contributed by atoms with van der Waals surface area (Å²) in [5.74, 6) is 1.69. The second-order valence-electron chi connectivity index (χ2n) is 4.92. The van der Waals surface area contributed by atoms with Crippen LogP contribution >= 0.6 is 11.8 Å².